The lowest BCUT2D eigenvalue weighted by molar-refractivity contribution is -0.163. The highest BCUT2D eigenvalue weighted by Crippen LogP contribution is 2.25. The molecule has 4 nitrogen and oxygen atoms in total. The first kappa shape index (κ1) is 15.6. The van der Waals surface area contributed by atoms with Crippen LogP contribution in [0.4, 0.5) is 13.2 Å². The van der Waals surface area contributed by atoms with Crippen LogP contribution in [0.1, 0.15) is 32.1 Å². The fourth-order valence-electron chi connectivity index (χ4n) is 3.10. The first-order valence-electron chi connectivity index (χ1n) is 7.13. The smallest absolute Gasteiger partial charge is 0.391 e. The van der Waals surface area contributed by atoms with E-state index in [1.807, 2.05) is 0 Å². The van der Waals surface area contributed by atoms with Crippen LogP contribution in [-0.2, 0) is 4.79 Å². The van der Waals surface area contributed by atoms with Gasteiger partial charge in [0.2, 0.25) is 5.91 Å². The molecule has 1 heterocycles. The van der Waals surface area contributed by atoms with Gasteiger partial charge in [-0.15, -0.1) is 0 Å². The second kappa shape index (κ2) is 6.30. The Hall–Kier alpha value is -0.820. The molecule has 0 spiro atoms. The van der Waals surface area contributed by atoms with Crippen LogP contribution >= 0.6 is 0 Å². The molecule has 1 amide bonds. The summed E-state index contributed by atoms with van der Waals surface area (Å²) in [7, 11) is 0. The first-order valence-corrected chi connectivity index (χ1v) is 7.13. The van der Waals surface area contributed by atoms with Crippen molar-refractivity contribution in [2.75, 3.05) is 26.2 Å². The molecule has 1 saturated heterocycles. The fraction of sp³-hybridized carbons (Fsp3) is 0.923. The molecule has 2 fully saturated rings. The molecule has 1 aliphatic heterocycles. The Balaban J connectivity index is 1.81. The van der Waals surface area contributed by atoms with Crippen molar-refractivity contribution >= 4 is 5.91 Å². The molecule has 116 valence electrons. The van der Waals surface area contributed by atoms with Gasteiger partial charge in [-0.1, -0.05) is 12.8 Å². The maximum Gasteiger partial charge on any atom is 0.397 e. The Morgan fingerprint density at radius 1 is 1.10 bits per heavy atom. The van der Waals surface area contributed by atoms with E-state index in [0.717, 1.165) is 25.7 Å². The first-order chi connectivity index (χ1) is 9.37. The van der Waals surface area contributed by atoms with Gasteiger partial charge in [-0.05, 0) is 12.8 Å². The largest absolute Gasteiger partial charge is 0.397 e. The zero-order valence-electron chi connectivity index (χ0n) is 11.4. The van der Waals surface area contributed by atoms with Gasteiger partial charge in [0.1, 0.15) is 6.42 Å². The zero-order chi connectivity index (χ0) is 14.8. The summed E-state index contributed by atoms with van der Waals surface area (Å²) in [6, 6.07) is 0.101. The topological polar surface area (TPSA) is 43.8 Å². The summed E-state index contributed by atoms with van der Waals surface area (Å²) >= 11 is 0. The molecule has 1 saturated carbocycles. The van der Waals surface area contributed by atoms with Crippen molar-refractivity contribution in [3.05, 3.63) is 0 Å². The number of rotatable bonds is 2. The lowest BCUT2D eigenvalue weighted by atomic mass is 9.91. The molecule has 2 unspecified atom stereocenters. The van der Waals surface area contributed by atoms with Gasteiger partial charge in [-0.3, -0.25) is 9.69 Å². The quantitative estimate of drug-likeness (QED) is 0.837. The molecule has 7 heteroatoms. The number of nitrogens with zero attached hydrogens (tertiary/aromatic N) is 2. The maximum atomic E-state index is 12.2. The molecule has 0 aromatic rings. The summed E-state index contributed by atoms with van der Waals surface area (Å²) in [4.78, 5) is 14.9. The third-order valence-electron chi connectivity index (χ3n) is 4.18. The molecule has 0 aromatic heterocycles. The van der Waals surface area contributed by atoms with Crippen LogP contribution in [0.2, 0.25) is 0 Å². The number of hydrogen-bond acceptors (Lipinski definition) is 3. The van der Waals surface area contributed by atoms with Gasteiger partial charge in [-0.2, -0.15) is 13.2 Å². The van der Waals surface area contributed by atoms with Crippen molar-refractivity contribution in [1.82, 2.24) is 9.80 Å². The number of hydrogen-bond donors (Lipinski definition) is 1. The standard InChI is InChI=1S/C13H21F3N2O2/c14-13(15,16)9-12(20)18-7-5-17(6-8-18)10-3-1-2-4-11(10)19/h10-11,19H,1-9H2. The van der Waals surface area contributed by atoms with E-state index in [-0.39, 0.29) is 12.1 Å². The van der Waals surface area contributed by atoms with Crippen LogP contribution < -0.4 is 0 Å². The van der Waals surface area contributed by atoms with E-state index >= 15 is 0 Å². The van der Waals surface area contributed by atoms with Gasteiger partial charge >= 0.3 is 6.18 Å². The zero-order valence-corrected chi connectivity index (χ0v) is 11.4. The van der Waals surface area contributed by atoms with Crippen LogP contribution in [-0.4, -0.2) is 65.3 Å². The number of alkyl halides is 3. The third kappa shape index (κ3) is 4.09. The van der Waals surface area contributed by atoms with E-state index in [1.165, 1.54) is 4.90 Å². The number of aliphatic hydroxyl groups is 1. The number of amides is 1. The Labute approximate surface area is 116 Å². The highest BCUT2D eigenvalue weighted by atomic mass is 19.4. The molecular formula is C13H21F3N2O2. The number of halogens is 3. The van der Waals surface area contributed by atoms with Gasteiger partial charge in [0.05, 0.1) is 6.10 Å². The molecule has 0 aromatic carbocycles. The highest BCUT2D eigenvalue weighted by molar-refractivity contribution is 5.76. The minimum Gasteiger partial charge on any atom is -0.391 e. The molecule has 2 atom stereocenters. The summed E-state index contributed by atoms with van der Waals surface area (Å²) in [5.41, 5.74) is 0. The number of carbonyl (C=O) groups excluding carboxylic acids is 1. The van der Waals surface area contributed by atoms with E-state index in [1.54, 1.807) is 0 Å². The molecule has 1 N–H and O–H groups in total. The molecular weight excluding hydrogens is 273 g/mol. The molecule has 20 heavy (non-hydrogen) atoms. The second-order valence-electron chi connectivity index (χ2n) is 5.63. The van der Waals surface area contributed by atoms with Crippen LogP contribution in [0.25, 0.3) is 0 Å². The normalized spacial score (nSPS) is 29.5. The molecule has 1 aliphatic carbocycles. The maximum absolute atomic E-state index is 12.2. The van der Waals surface area contributed by atoms with Gasteiger partial charge in [0.15, 0.2) is 0 Å². The summed E-state index contributed by atoms with van der Waals surface area (Å²) in [6.07, 6.45) is -2.33. The van der Waals surface area contributed by atoms with Gasteiger partial charge in [0.25, 0.3) is 0 Å². The van der Waals surface area contributed by atoms with Gasteiger partial charge in [0, 0.05) is 32.2 Å². The van der Waals surface area contributed by atoms with Crippen LogP contribution in [0, 0.1) is 0 Å². The molecule has 0 bridgehead atoms. The van der Waals surface area contributed by atoms with Crippen molar-refractivity contribution in [1.29, 1.82) is 0 Å². The van der Waals surface area contributed by atoms with Crippen molar-refractivity contribution in [2.45, 2.75) is 50.4 Å². The van der Waals surface area contributed by atoms with Crippen LogP contribution in [0.15, 0.2) is 0 Å². The fourth-order valence-corrected chi connectivity index (χ4v) is 3.10. The van der Waals surface area contributed by atoms with E-state index in [0.29, 0.717) is 26.2 Å². The average Bonchev–Trinajstić information content (AvgIpc) is 2.37. The van der Waals surface area contributed by atoms with Crippen molar-refractivity contribution < 1.29 is 23.1 Å². The van der Waals surface area contributed by atoms with E-state index in [4.69, 9.17) is 0 Å². The monoisotopic (exact) mass is 294 g/mol. The predicted octanol–water partition coefficient (Wildman–Crippen LogP) is 1.39. The van der Waals surface area contributed by atoms with Gasteiger partial charge < -0.3 is 10.0 Å². The summed E-state index contributed by atoms with van der Waals surface area (Å²) in [6.45, 7) is 1.73. The Bertz CT molecular complexity index is 341. The SMILES string of the molecule is O=C(CC(F)(F)F)N1CCN(C2CCCCC2O)CC1. The summed E-state index contributed by atoms with van der Waals surface area (Å²) in [5, 5.41) is 9.98. The van der Waals surface area contributed by atoms with E-state index in [9.17, 15) is 23.1 Å². The third-order valence-corrected chi connectivity index (χ3v) is 4.18. The van der Waals surface area contributed by atoms with E-state index < -0.39 is 18.5 Å². The number of piperazine rings is 1. The Morgan fingerprint density at radius 3 is 2.25 bits per heavy atom. The predicted molar refractivity (Wildman–Crippen MR) is 67.1 cm³/mol. The summed E-state index contributed by atoms with van der Waals surface area (Å²) < 4.78 is 36.6. The molecule has 2 aliphatic rings. The van der Waals surface area contributed by atoms with Crippen LogP contribution in [0.3, 0.4) is 0 Å². The van der Waals surface area contributed by atoms with Crippen LogP contribution in [0.5, 0.6) is 0 Å². The lowest BCUT2D eigenvalue weighted by Gasteiger charge is -2.42. The molecule has 2 rings (SSSR count). The van der Waals surface area contributed by atoms with Crippen molar-refractivity contribution in [2.24, 2.45) is 0 Å². The number of aliphatic hydroxyl groups excluding tert-OH is 1. The highest BCUT2D eigenvalue weighted by Gasteiger charge is 2.36. The average molecular weight is 294 g/mol. The van der Waals surface area contributed by atoms with Gasteiger partial charge in [-0.25, -0.2) is 0 Å². The minimum absolute atomic E-state index is 0.101. The number of carbonyl (C=O) groups is 1. The minimum atomic E-state index is -4.44. The van der Waals surface area contributed by atoms with E-state index in [2.05, 4.69) is 4.90 Å². The summed E-state index contributed by atoms with van der Waals surface area (Å²) in [5.74, 6) is -0.846. The second-order valence-corrected chi connectivity index (χ2v) is 5.63. The Kier molecular flexibility index (Phi) is 4.90. The van der Waals surface area contributed by atoms with Crippen molar-refractivity contribution in [3.8, 4) is 0 Å². The van der Waals surface area contributed by atoms with Crippen molar-refractivity contribution in [3.63, 3.8) is 0 Å². The lowest BCUT2D eigenvalue weighted by Crippen LogP contribution is -2.55. The Morgan fingerprint density at radius 2 is 1.70 bits per heavy atom. The molecule has 0 radical (unpaired) electrons.